The second kappa shape index (κ2) is 5.98. The molecule has 0 aliphatic carbocycles. The zero-order valence-corrected chi connectivity index (χ0v) is 10.5. The van der Waals surface area contributed by atoms with Crippen LogP contribution in [0.15, 0.2) is 30.3 Å². The largest absolute Gasteiger partial charge is 0.481 e. The fourth-order valence-corrected chi connectivity index (χ4v) is 2.30. The zero-order valence-electron chi connectivity index (χ0n) is 10.5. The van der Waals surface area contributed by atoms with Crippen LogP contribution >= 0.6 is 0 Å². The Balaban J connectivity index is 1.97. The van der Waals surface area contributed by atoms with E-state index in [-0.39, 0.29) is 12.1 Å². The summed E-state index contributed by atoms with van der Waals surface area (Å²) in [7, 11) is 0. The van der Waals surface area contributed by atoms with E-state index in [1.807, 2.05) is 37.3 Å². The number of carbonyl (C=O) groups is 1. The van der Waals surface area contributed by atoms with Gasteiger partial charge >= 0.3 is 5.97 Å². The minimum absolute atomic E-state index is 0.162. The highest BCUT2D eigenvalue weighted by atomic mass is 16.5. The van der Waals surface area contributed by atoms with E-state index >= 15 is 0 Å². The van der Waals surface area contributed by atoms with Crippen LogP contribution in [0.2, 0.25) is 0 Å². The topological polar surface area (TPSA) is 58.6 Å². The van der Waals surface area contributed by atoms with Crippen LogP contribution in [-0.4, -0.2) is 36.4 Å². The smallest absolute Gasteiger partial charge is 0.312 e. The Labute approximate surface area is 107 Å². The number of ether oxygens (including phenoxy) is 1. The molecule has 4 heteroatoms. The average molecular weight is 249 g/mol. The van der Waals surface area contributed by atoms with Crippen molar-refractivity contribution in [3.63, 3.8) is 0 Å². The molecular weight excluding hydrogens is 230 g/mol. The lowest BCUT2D eigenvalue weighted by atomic mass is 9.98. The molecule has 1 fully saturated rings. The van der Waals surface area contributed by atoms with Crippen molar-refractivity contribution in [3.05, 3.63) is 35.9 Å². The number of nitrogens with one attached hydrogen (secondary N) is 1. The molecule has 0 saturated carbocycles. The minimum atomic E-state index is -0.791. The van der Waals surface area contributed by atoms with Crippen molar-refractivity contribution in [1.29, 1.82) is 0 Å². The Morgan fingerprint density at radius 3 is 2.78 bits per heavy atom. The van der Waals surface area contributed by atoms with Crippen LogP contribution in [0.1, 0.15) is 24.8 Å². The maximum Gasteiger partial charge on any atom is 0.312 e. The first-order valence-electron chi connectivity index (χ1n) is 6.31. The van der Waals surface area contributed by atoms with Gasteiger partial charge in [-0.1, -0.05) is 30.3 Å². The maximum atomic E-state index is 11.3. The lowest BCUT2D eigenvalue weighted by molar-refractivity contribution is -0.138. The summed E-state index contributed by atoms with van der Waals surface area (Å²) in [5.41, 5.74) is 0.837. The van der Waals surface area contributed by atoms with Gasteiger partial charge < -0.3 is 15.2 Å². The molecule has 18 heavy (non-hydrogen) atoms. The highest BCUT2D eigenvalue weighted by Gasteiger charge is 2.26. The summed E-state index contributed by atoms with van der Waals surface area (Å²) < 4.78 is 5.45. The van der Waals surface area contributed by atoms with Crippen molar-refractivity contribution in [2.45, 2.75) is 31.4 Å². The molecule has 0 aromatic heterocycles. The van der Waals surface area contributed by atoms with E-state index < -0.39 is 11.9 Å². The van der Waals surface area contributed by atoms with Crippen molar-refractivity contribution in [3.8, 4) is 0 Å². The van der Waals surface area contributed by atoms with Gasteiger partial charge in [-0.25, -0.2) is 0 Å². The van der Waals surface area contributed by atoms with E-state index in [1.165, 1.54) is 0 Å². The molecule has 0 amide bonds. The first-order valence-corrected chi connectivity index (χ1v) is 6.31. The second-order valence-electron chi connectivity index (χ2n) is 4.68. The van der Waals surface area contributed by atoms with Crippen molar-refractivity contribution in [2.75, 3.05) is 13.2 Å². The van der Waals surface area contributed by atoms with Gasteiger partial charge in [0, 0.05) is 19.2 Å². The summed E-state index contributed by atoms with van der Waals surface area (Å²) in [5, 5.41) is 12.6. The van der Waals surface area contributed by atoms with E-state index in [4.69, 9.17) is 4.74 Å². The number of hydrogen-bond acceptors (Lipinski definition) is 3. The highest BCUT2D eigenvalue weighted by molar-refractivity contribution is 5.76. The molecule has 2 rings (SSSR count). The van der Waals surface area contributed by atoms with Crippen LogP contribution in [0.3, 0.4) is 0 Å². The third-order valence-electron chi connectivity index (χ3n) is 3.46. The molecule has 2 N–H and O–H groups in total. The Kier molecular flexibility index (Phi) is 4.33. The van der Waals surface area contributed by atoms with Gasteiger partial charge in [-0.2, -0.15) is 0 Å². The Morgan fingerprint density at radius 2 is 2.22 bits per heavy atom. The van der Waals surface area contributed by atoms with Crippen LogP contribution < -0.4 is 5.32 Å². The number of hydrogen-bond donors (Lipinski definition) is 2. The summed E-state index contributed by atoms with van der Waals surface area (Å²) in [6.45, 7) is 3.21. The summed E-state index contributed by atoms with van der Waals surface area (Å²) >= 11 is 0. The normalized spacial score (nSPS) is 24.9. The monoisotopic (exact) mass is 249 g/mol. The van der Waals surface area contributed by atoms with Crippen molar-refractivity contribution in [1.82, 2.24) is 5.32 Å². The number of carboxylic acids is 1. The molecule has 1 aliphatic heterocycles. The van der Waals surface area contributed by atoms with Gasteiger partial charge in [-0.05, 0) is 18.9 Å². The molecule has 98 valence electrons. The number of carboxylic acid groups (broad SMARTS) is 1. The summed E-state index contributed by atoms with van der Waals surface area (Å²) in [4.78, 5) is 11.3. The van der Waals surface area contributed by atoms with E-state index in [9.17, 15) is 9.90 Å². The van der Waals surface area contributed by atoms with E-state index in [0.717, 1.165) is 18.6 Å². The number of benzene rings is 1. The predicted molar refractivity (Wildman–Crippen MR) is 68.6 cm³/mol. The van der Waals surface area contributed by atoms with Crippen molar-refractivity contribution in [2.24, 2.45) is 0 Å². The fraction of sp³-hybridized carbons (Fsp3) is 0.500. The standard InChI is InChI=1S/C14H19NO3/c1-10-13(7-8-18-10)15-9-12(14(16)17)11-5-3-2-4-6-11/h2-6,10,12-13,15H,7-9H2,1H3,(H,16,17). The van der Waals surface area contributed by atoms with Gasteiger partial charge in [-0.15, -0.1) is 0 Å². The Morgan fingerprint density at radius 1 is 1.50 bits per heavy atom. The molecule has 3 unspecified atom stereocenters. The highest BCUT2D eigenvalue weighted by Crippen LogP contribution is 2.17. The third-order valence-corrected chi connectivity index (χ3v) is 3.46. The van der Waals surface area contributed by atoms with Crippen LogP contribution in [-0.2, 0) is 9.53 Å². The van der Waals surface area contributed by atoms with Gasteiger partial charge in [0.1, 0.15) is 0 Å². The molecule has 1 aromatic rings. The molecule has 1 aliphatic rings. The number of rotatable bonds is 5. The second-order valence-corrected chi connectivity index (χ2v) is 4.68. The zero-order chi connectivity index (χ0) is 13.0. The predicted octanol–water partition coefficient (Wildman–Crippen LogP) is 1.62. The third kappa shape index (κ3) is 3.09. The van der Waals surface area contributed by atoms with Crippen LogP contribution in [0.5, 0.6) is 0 Å². The lowest BCUT2D eigenvalue weighted by Crippen LogP contribution is -2.38. The van der Waals surface area contributed by atoms with Crippen molar-refractivity contribution >= 4 is 5.97 Å². The van der Waals surface area contributed by atoms with Gasteiger partial charge in [0.25, 0.3) is 0 Å². The first kappa shape index (κ1) is 13.1. The lowest BCUT2D eigenvalue weighted by Gasteiger charge is -2.19. The van der Waals surface area contributed by atoms with Crippen LogP contribution in [0.4, 0.5) is 0 Å². The minimum Gasteiger partial charge on any atom is -0.481 e. The van der Waals surface area contributed by atoms with E-state index in [0.29, 0.717) is 6.54 Å². The fourth-order valence-electron chi connectivity index (χ4n) is 2.30. The summed E-state index contributed by atoms with van der Waals surface area (Å²) in [6.07, 6.45) is 1.11. The number of aliphatic carboxylic acids is 1. The van der Waals surface area contributed by atoms with Gasteiger partial charge in [0.2, 0.25) is 0 Å². The molecule has 1 saturated heterocycles. The molecular formula is C14H19NO3. The van der Waals surface area contributed by atoms with Crippen LogP contribution in [0.25, 0.3) is 0 Å². The molecule has 0 spiro atoms. The van der Waals surface area contributed by atoms with E-state index in [1.54, 1.807) is 0 Å². The molecule has 4 nitrogen and oxygen atoms in total. The van der Waals surface area contributed by atoms with Crippen LogP contribution in [0, 0.1) is 0 Å². The summed E-state index contributed by atoms with van der Waals surface area (Å²) in [6, 6.07) is 9.60. The Hall–Kier alpha value is -1.39. The molecule has 1 heterocycles. The van der Waals surface area contributed by atoms with Crippen molar-refractivity contribution < 1.29 is 14.6 Å². The quantitative estimate of drug-likeness (QED) is 0.832. The van der Waals surface area contributed by atoms with E-state index in [2.05, 4.69) is 5.32 Å². The average Bonchev–Trinajstić information content (AvgIpc) is 2.76. The van der Waals surface area contributed by atoms with Gasteiger partial charge in [0.05, 0.1) is 12.0 Å². The van der Waals surface area contributed by atoms with Gasteiger partial charge in [0.15, 0.2) is 0 Å². The first-order chi connectivity index (χ1) is 8.68. The molecule has 1 aromatic carbocycles. The Bertz CT molecular complexity index is 393. The molecule has 0 radical (unpaired) electrons. The maximum absolute atomic E-state index is 11.3. The van der Waals surface area contributed by atoms with Gasteiger partial charge in [-0.3, -0.25) is 4.79 Å². The molecule has 0 bridgehead atoms. The summed E-state index contributed by atoms with van der Waals surface area (Å²) in [5.74, 6) is -1.29. The SMILES string of the molecule is CC1OCCC1NCC(C(=O)O)c1ccccc1. The molecule has 3 atom stereocenters.